The predicted molar refractivity (Wildman–Crippen MR) is 95.0 cm³/mol. The van der Waals surface area contributed by atoms with E-state index in [0.717, 1.165) is 12.8 Å². The zero-order chi connectivity index (χ0) is 18.7. The minimum atomic E-state index is -3.68. The predicted octanol–water partition coefficient (Wildman–Crippen LogP) is 3.62. The van der Waals surface area contributed by atoms with E-state index < -0.39 is 21.8 Å². The second-order valence-electron chi connectivity index (χ2n) is 5.92. The van der Waals surface area contributed by atoms with Crippen LogP contribution in [-0.2, 0) is 21.4 Å². The van der Waals surface area contributed by atoms with Crippen molar-refractivity contribution >= 4 is 27.6 Å². The van der Waals surface area contributed by atoms with Crippen molar-refractivity contribution < 1.29 is 22.3 Å². The van der Waals surface area contributed by atoms with Crippen LogP contribution in [0.15, 0.2) is 47.4 Å². The van der Waals surface area contributed by atoms with Crippen molar-refractivity contribution in [2.24, 2.45) is 0 Å². The van der Waals surface area contributed by atoms with Gasteiger partial charge in [-0.1, -0.05) is 29.8 Å². The van der Waals surface area contributed by atoms with Crippen molar-refractivity contribution in [3.05, 3.63) is 64.4 Å². The minimum Gasteiger partial charge on any atom is -0.457 e. The molecule has 0 bridgehead atoms. The lowest BCUT2D eigenvalue weighted by atomic mass is 10.2. The molecule has 0 amide bonds. The van der Waals surface area contributed by atoms with E-state index in [9.17, 15) is 17.6 Å². The first-order valence-corrected chi connectivity index (χ1v) is 9.91. The van der Waals surface area contributed by atoms with Crippen LogP contribution >= 0.6 is 11.6 Å². The third kappa shape index (κ3) is 3.90. The molecule has 1 aliphatic rings. The van der Waals surface area contributed by atoms with E-state index in [2.05, 4.69) is 0 Å². The number of esters is 1. The van der Waals surface area contributed by atoms with Gasteiger partial charge in [-0.3, -0.25) is 0 Å². The number of nitrogens with zero attached hydrogens (tertiary/aromatic N) is 1. The molecule has 2 aromatic rings. The molecule has 0 aliphatic carbocycles. The summed E-state index contributed by atoms with van der Waals surface area (Å²) in [7, 11) is -3.68. The van der Waals surface area contributed by atoms with Gasteiger partial charge in [-0.15, -0.1) is 0 Å². The third-order valence-electron chi connectivity index (χ3n) is 4.18. The molecule has 0 spiro atoms. The van der Waals surface area contributed by atoms with E-state index in [4.69, 9.17) is 16.3 Å². The Kier molecular flexibility index (Phi) is 5.60. The summed E-state index contributed by atoms with van der Waals surface area (Å²) < 4.78 is 45.3. The van der Waals surface area contributed by atoms with E-state index >= 15 is 0 Å². The summed E-state index contributed by atoms with van der Waals surface area (Å²) in [6.07, 6.45) is 1.62. The van der Waals surface area contributed by atoms with Crippen LogP contribution in [0.4, 0.5) is 4.39 Å². The minimum absolute atomic E-state index is 0.0124. The van der Waals surface area contributed by atoms with Crippen molar-refractivity contribution in [3.63, 3.8) is 0 Å². The van der Waals surface area contributed by atoms with Gasteiger partial charge in [-0.2, -0.15) is 4.31 Å². The van der Waals surface area contributed by atoms with Crippen LogP contribution in [0.5, 0.6) is 0 Å². The molecule has 0 saturated carbocycles. The Morgan fingerprint density at radius 3 is 2.54 bits per heavy atom. The lowest BCUT2D eigenvalue weighted by Crippen LogP contribution is -2.28. The van der Waals surface area contributed by atoms with Gasteiger partial charge in [-0.05, 0) is 37.1 Å². The highest BCUT2D eigenvalue weighted by Gasteiger charge is 2.28. The first-order valence-electron chi connectivity index (χ1n) is 8.10. The van der Waals surface area contributed by atoms with E-state index in [0.29, 0.717) is 13.1 Å². The Labute approximate surface area is 156 Å². The van der Waals surface area contributed by atoms with Crippen LogP contribution in [0.1, 0.15) is 28.8 Å². The van der Waals surface area contributed by atoms with Gasteiger partial charge in [-0.25, -0.2) is 17.6 Å². The van der Waals surface area contributed by atoms with Crippen molar-refractivity contribution in [2.75, 3.05) is 13.1 Å². The average Bonchev–Trinajstić information content (AvgIpc) is 3.16. The largest absolute Gasteiger partial charge is 0.457 e. The van der Waals surface area contributed by atoms with Crippen LogP contribution < -0.4 is 0 Å². The number of halogens is 2. The molecule has 8 heteroatoms. The summed E-state index contributed by atoms with van der Waals surface area (Å²) in [5, 5.41) is 0.0731. The Bertz CT molecular complexity index is 927. The van der Waals surface area contributed by atoms with E-state index in [1.807, 2.05) is 0 Å². The molecule has 1 heterocycles. The number of carbonyl (C=O) groups excluding carboxylic acids is 1. The number of hydrogen-bond donors (Lipinski definition) is 0. The molecule has 2 aromatic carbocycles. The third-order valence-corrected chi connectivity index (χ3v) is 6.40. The first kappa shape index (κ1) is 18.8. The number of rotatable bonds is 5. The van der Waals surface area contributed by atoms with Crippen LogP contribution in [0.25, 0.3) is 0 Å². The van der Waals surface area contributed by atoms with Gasteiger partial charge in [0.05, 0.1) is 15.5 Å². The maximum atomic E-state index is 13.6. The number of benzene rings is 2. The zero-order valence-electron chi connectivity index (χ0n) is 13.8. The van der Waals surface area contributed by atoms with Gasteiger partial charge >= 0.3 is 5.97 Å². The average molecular weight is 398 g/mol. The molecule has 5 nitrogen and oxygen atoms in total. The molecule has 26 heavy (non-hydrogen) atoms. The molecule has 0 aromatic heterocycles. The fraction of sp³-hybridized carbons (Fsp3) is 0.278. The summed E-state index contributed by atoms with van der Waals surface area (Å²) in [4.78, 5) is 12.3. The van der Waals surface area contributed by atoms with Crippen LogP contribution in [-0.4, -0.2) is 31.8 Å². The topological polar surface area (TPSA) is 63.7 Å². The molecule has 1 saturated heterocycles. The molecule has 3 rings (SSSR count). The molecule has 138 valence electrons. The molecular formula is C18H17ClFNO4S. The summed E-state index contributed by atoms with van der Waals surface area (Å²) in [6.45, 7) is 0.640. The second kappa shape index (κ2) is 7.73. The zero-order valence-corrected chi connectivity index (χ0v) is 15.4. The second-order valence-corrected chi connectivity index (χ2v) is 8.27. The summed E-state index contributed by atoms with van der Waals surface area (Å²) in [5.74, 6) is -1.30. The monoisotopic (exact) mass is 397 g/mol. The highest BCUT2D eigenvalue weighted by atomic mass is 35.5. The smallest absolute Gasteiger partial charge is 0.340 e. The van der Waals surface area contributed by atoms with Gasteiger partial charge in [0.15, 0.2) is 0 Å². The molecule has 0 unspecified atom stereocenters. The SMILES string of the molecule is O=C(OCc1ccccc1F)c1cc(S(=O)(=O)N2CCCC2)ccc1Cl. The van der Waals surface area contributed by atoms with Crippen LogP contribution in [0, 0.1) is 5.82 Å². The summed E-state index contributed by atoms with van der Waals surface area (Å²) in [5.41, 5.74) is 0.154. The van der Waals surface area contributed by atoms with Crippen LogP contribution in [0.3, 0.4) is 0 Å². The van der Waals surface area contributed by atoms with E-state index in [-0.39, 0.29) is 27.7 Å². The first-order chi connectivity index (χ1) is 12.4. The standard InChI is InChI=1S/C18H17ClFNO4S/c19-16-8-7-14(26(23,24)21-9-3-4-10-21)11-15(16)18(22)25-12-13-5-1-2-6-17(13)20/h1-2,5-8,11H,3-4,9-10,12H2. The van der Waals surface area contributed by atoms with E-state index in [1.165, 1.54) is 40.7 Å². The van der Waals surface area contributed by atoms with Gasteiger partial charge < -0.3 is 4.74 Å². The lowest BCUT2D eigenvalue weighted by Gasteiger charge is -2.16. The highest BCUT2D eigenvalue weighted by Crippen LogP contribution is 2.26. The lowest BCUT2D eigenvalue weighted by molar-refractivity contribution is 0.0469. The van der Waals surface area contributed by atoms with Gasteiger partial charge in [0.25, 0.3) is 0 Å². The Balaban J connectivity index is 1.81. The number of carbonyl (C=O) groups is 1. The molecule has 1 aliphatic heterocycles. The van der Waals surface area contributed by atoms with E-state index in [1.54, 1.807) is 6.07 Å². The van der Waals surface area contributed by atoms with Crippen molar-refractivity contribution in [1.82, 2.24) is 4.31 Å². The molecule has 0 radical (unpaired) electrons. The van der Waals surface area contributed by atoms with Crippen molar-refractivity contribution in [1.29, 1.82) is 0 Å². The molecular weight excluding hydrogens is 381 g/mol. The molecule has 0 atom stereocenters. The van der Waals surface area contributed by atoms with Crippen molar-refractivity contribution in [3.8, 4) is 0 Å². The summed E-state index contributed by atoms with van der Waals surface area (Å²) in [6, 6.07) is 9.85. The Morgan fingerprint density at radius 2 is 1.85 bits per heavy atom. The number of sulfonamides is 1. The van der Waals surface area contributed by atoms with Crippen molar-refractivity contribution in [2.45, 2.75) is 24.3 Å². The molecule has 1 fully saturated rings. The quantitative estimate of drug-likeness (QED) is 0.723. The fourth-order valence-electron chi connectivity index (χ4n) is 2.74. The summed E-state index contributed by atoms with van der Waals surface area (Å²) >= 11 is 6.03. The molecule has 0 N–H and O–H groups in total. The van der Waals surface area contributed by atoms with Gasteiger partial charge in [0.2, 0.25) is 10.0 Å². The Hall–Kier alpha value is -1.96. The number of hydrogen-bond acceptors (Lipinski definition) is 4. The Morgan fingerprint density at radius 1 is 1.15 bits per heavy atom. The number of ether oxygens (including phenoxy) is 1. The normalized spacial score (nSPS) is 15.2. The van der Waals surface area contributed by atoms with Gasteiger partial charge in [0.1, 0.15) is 12.4 Å². The van der Waals surface area contributed by atoms with Gasteiger partial charge in [0, 0.05) is 18.7 Å². The maximum absolute atomic E-state index is 13.6. The fourth-order valence-corrected chi connectivity index (χ4v) is 4.47. The maximum Gasteiger partial charge on any atom is 0.340 e. The highest BCUT2D eigenvalue weighted by molar-refractivity contribution is 7.89. The van der Waals surface area contributed by atoms with Crippen LogP contribution in [0.2, 0.25) is 5.02 Å².